The molecule has 4 nitrogen and oxygen atoms in total. The lowest BCUT2D eigenvalue weighted by Crippen LogP contribution is -2.25. The van der Waals surface area contributed by atoms with Crippen molar-refractivity contribution in [2.45, 2.75) is 5.16 Å². The molecule has 0 radical (unpaired) electrons. The van der Waals surface area contributed by atoms with Crippen LogP contribution in [0.3, 0.4) is 0 Å². The molecule has 0 aliphatic carbocycles. The van der Waals surface area contributed by atoms with Crippen molar-refractivity contribution in [2.24, 2.45) is 0 Å². The van der Waals surface area contributed by atoms with Crippen LogP contribution in [0, 0.1) is 12.3 Å². The minimum absolute atomic E-state index is 0.0967. The smallest absolute Gasteiger partial charge is 0.231 e. The number of terminal acetylenes is 1. The largest absolute Gasteiger partial charge is 0.344 e. The Balaban J connectivity index is 1.92. The molecule has 19 heavy (non-hydrogen) atoms. The van der Waals surface area contributed by atoms with E-state index in [1.165, 1.54) is 11.8 Å². The van der Waals surface area contributed by atoms with Crippen LogP contribution < -0.4 is 5.32 Å². The van der Waals surface area contributed by atoms with Gasteiger partial charge in [0.1, 0.15) is 0 Å². The molecule has 96 valence electrons. The van der Waals surface area contributed by atoms with Gasteiger partial charge in [-0.15, -0.1) is 6.42 Å². The van der Waals surface area contributed by atoms with Gasteiger partial charge in [0.05, 0.1) is 24.2 Å². The van der Waals surface area contributed by atoms with E-state index in [1.807, 2.05) is 30.3 Å². The minimum Gasteiger partial charge on any atom is -0.344 e. The second-order valence-corrected chi connectivity index (χ2v) is 4.70. The number of nitrogens with zero attached hydrogens (tertiary/aromatic N) is 1. The molecule has 0 saturated carbocycles. The molecule has 2 N–H and O–H groups in total. The number of hydrogen-bond donors (Lipinski definition) is 2. The predicted octanol–water partition coefficient (Wildman–Crippen LogP) is 1.92. The fraction of sp³-hybridized carbons (Fsp3) is 0.143. The van der Waals surface area contributed by atoms with E-state index in [0.717, 1.165) is 16.4 Å². The van der Waals surface area contributed by atoms with E-state index in [0.29, 0.717) is 5.75 Å². The number of carbonyl (C=O) groups is 1. The minimum atomic E-state index is -0.0967. The summed E-state index contributed by atoms with van der Waals surface area (Å²) in [5.74, 6) is 2.56. The van der Waals surface area contributed by atoms with Crippen LogP contribution in [0.2, 0.25) is 0 Å². The highest BCUT2D eigenvalue weighted by molar-refractivity contribution is 7.99. The highest BCUT2D eigenvalue weighted by Gasteiger charge is 2.06. The van der Waals surface area contributed by atoms with Crippen LogP contribution in [0.25, 0.3) is 11.3 Å². The molecule has 2 aromatic rings. The number of H-pyrrole nitrogens is 1. The first-order valence-corrected chi connectivity index (χ1v) is 6.71. The number of aromatic amines is 1. The summed E-state index contributed by atoms with van der Waals surface area (Å²) in [6.07, 6.45) is 6.82. The van der Waals surface area contributed by atoms with Crippen LogP contribution in [0.1, 0.15) is 0 Å². The highest BCUT2D eigenvalue weighted by Crippen LogP contribution is 2.20. The van der Waals surface area contributed by atoms with Gasteiger partial charge in [-0.1, -0.05) is 48.0 Å². The van der Waals surface area contributed by atoms with Crippen molar-refractivity contribution in [3.63, 3.8) is 0 Å². The van der Waals surface area contributed by atoms with Gasteiger partial charge in [0.2, 0.25) is 5.91 Å². The zero-order valence-electron chi connectivity index (χ0n) is 10.2. The molecule has 0 aliphatic heterocycles. The molecule has 0 bridgehead atoms. The molecule has 1 amide bonds. The third kappa shape index (κ3) is 3.90. The van der Waals surface area contributed by atoms with Crippen LogP contribution in [-0.2, 0) is 4.79 Å². The number of amides is 1. The molecule has 1 aromatic carbocycles. The van der Waals surface area contributed by atoms with Gasteiger partial charge in [0.25, 0.3) is 0 Å². The van der Waals surface area contributed by atoms with E-state index in [9.17, 15) is 4.79 Å². The average molecular weight is 271 g/mol. The summed E-state index contributed by atoms with van der Waals surface area (Å²) in [6.45, 7) is 0.257. The second kappa shape index (κ2) is 6.66. The Morgan fingerprint density at radius 2 is 2.21 bits per heavy atom. The van der Waals surface area contributed by atoms with Gasteiger partial charge in [-0.3, -0.25) is 4.79 Å². The highest BCUT2D eigenvalue weighted by atomic mass is 32.2. The molecule has 5 heteroatoms. The van der Waals surface area contributed by atoms with E-state index in [1.54, 1.807) is 6.20 Å². The molecular formula is C14H13N3OS. The number of nitrogens with one attached hydrogen (secondary N) is 2. The Morgan fingerprint density at radius 3 is 2.95 bits per heavy atom. The number of rotatable bonds is 5. The van der Waals surface area contributed by atoms with Crippen molar-refractivity contribution in [3.05, 3.63) is 36.5 Å². The Bertz CT molecular complexity index is 586. The number of imidazole rings is 1. The summed E-state index contributed by atoms with van der Waals surface area (Å²) in [5.41, 5.74) is 2.01. The quantitative estimate of drug-likeness (QED) is 0.645. The van der Waals surface area contributed by atoms with Gasteiger partial charge >= 0.3 is 0 Å². The normalized spacial score (nSPS) is 9.84. The van der Waals surface area contributed by atoms with Gasteiger partial charge in [-0.05, 0) is 5.56 Å². The second-order valence-electron chi connectivity index (χ2n) is 3.74. The van der Waals surface area contributed by atoms with Gasteiger partial charge in [-0.25, -0.2) is 4.98 Å². The summed E-state index contributed by atoms with van der Waals surface area (Å²) < 4.78 is 0. The topological polar surface area (TPSA) is 57.8 Å². The molecule has 0 unspecified atom stereocenters. The van der Waals surface area contributed by atoms with Crippen molar-refractivity contribution < 1.29 is 4.79 Å². The third-order valence-electron chi connectivity index (χ3n) is 2.36. The first-order valence-electron chi connectivity index (χ1n) is 5.73. The van der Waals surface area contributed by atoms with Crippen LogP contribution in [0.15, 0.2) is 41.7 Å². The Labute approximate surface area is 116 Å². The Hall–Kier alpha value is -2.19. The van der Waals surface area contributed by atoms with Gasteiger partial charge in [-0.2, -0.15) is 0 Å². The molecular weight excluding hydrogens is 258 g/mol. The first-order chi connectivity index (χ1) is 9.29. The molecule has 1 aromatic heterocycles. The summed E-state index contributed by atoms with van der Waals surface area (Å²) in [7, 11) is 0. The van der Waals surface area contributed by atoms with Crippen LogP contribution in [0.4, 0.5) is 0 Å². The van der Waals surface area contributed by atoms with E-state index in [2.05, 4.69) is 21.2 Å². The molecule has 0 spiro atoms. The molecule has 0 fully saturated rings. The predicted molar refractivity (Wildman–Crippen MR) is 76.6 cm³/mol. The number of thioether (sulfide) groups is 1. The van der Waals surface area contributed by atoms with Gasteiger partial charge in [0.15, 0.2) is 5.16 Å². The van der Waals surface area contributed by atoms with E-state index in [4.69, 9.17) is 6.42 Å². The van der Waals surface area contributed by atoms with Crippen molar-refractivity contribution in [1.29, 1.82) is 0 Å². The molecule has 0 saturated heterocycles. The summed E-state index contributed by atoms with van der Waals surface area (Å²) >= 11 is 1.35. The maximum absolute atomic E-state index is 11.4. The van der Waals surface area contributed by atoms with Crippen molar-refractivity contribution in [1.82, 2.24) is 15.3 Å². The van der Waals surface area contributed by atoms with Crippen molar-refractivity contribution >= 4 is 17.7 Å². The number of benzene rings is 1. The summed E-state index contributed by atoms with van der Waals surface area (Å²) in [5, 5.41) is 3.32. The standard InChI is InChI=1S/C14H13N3OS/c1-2-8-15-13(18)10-19-14-16-9-12(17-14)11-6-4-3-5-7-11/h1,3-7,9H,8,10H2,(H,15,18)(H,16,17). The maximum Gasteiger partial charge on any atom is 0.231 e. The number of carbonyl (C=O) groups excluding carboxylic acids is 1. The SMILES string of the molecule is C#CCNC(=O)CSc1ncc(-c2ccccc2)[nH]1. The van der Waals surface area contributed by atoms with E-state index >= 15 is 0 Å². The lowest BCUT2D eigenvalue weighted by Gasteiger charge is -1.99. The fourth-order valence-corrected chi connectivity index (χ4v) is 2.15. The zero-order chi connectivity index (χ0) is 13.5. The van der Waals surface area contributed by atoms with Crippen molar-refractivity contribution in [3.8, 4) is 23.6 Å². The fourth-order valence-electron chi connectivity index (χ4n) is 1.48. The molecule has 0 atom stereocenters. The van der Waals surface area contributed by atoms with Crippen LogP contribution in [-0.4, -0.2) is 28.2 Å². The van der Waals surface area contributed by atoms with Gasteiger partial charge < -0.3 is 10.3 Å². The zero-order valence-corrected chi connectivity index (χ0v) is 11.0. The average Bonchev–Trinajstić information content (AvgIpc) is 2.93. The lowest BCUT2D eigenvalue weighted by molar-refractivity contribution is -0.118. The van der Waals surface area contributed by atoms with Crippen molar-refractivity contribution in [2.75, 3.05) is 12.3 Å². The molecule has 1 heterocycles. The number of hydrogen-bond acceptors (Lipinski definition) is 3. The van der Waals surface area contributed by atoms with E-state index < -0.39 is 0 Å². The lowest BCUT2D eigenvalue weighted by atomic mass is 10.2. The first kappa shape index (κ1) is 13.2. The summed E-state index contributed by atoms with van der Waals surface area (Å²) in [6, 6.07) is 9.90. The Morgan fingerprint density at radius 1 is 1.42 bits per heavy atom. The monoisotopic (exact) mass is 271 g/mol. The van der Waals surface area contributed by atoms with Gasteiger partial charge in [0, 0.05) is 0 Å². The Kier molecular flexibility index (Phi) is 4.65. The van der Waals surface area contributed by atoms with E-state index in [-0.39, 0.29) is 12.5 Å². The molecule has 2 rings (SSSR count). The summed E-state index contributed by atoms with van der Waals surface area (Å²) in [4.78, 5) is 18.8. The van der Waals surface area contributed by atoms with Crippen LogP contribution >= 0.6 is 11.8 Å². The maximum atomic E-state index is 11.4. The third-order valence-corrected chi connectivity index (χ3v) is 3.25. The number of aromatic nitrogens is 2. The molecule has 0 aliphatic rings. The van der Waals surface area contributed by atoms with Crippen LogP contribution in [0.5, 0.6) is 0 Å².